The van der Waals surface area contributed by atoms with E-state index < -0.39 is 7.67 Å². The highest BCUT2D eigenvalue weighted by atomic mass is 31.2. The van der Waals surface area contributed by atoms with Crippen molar-refractivity contribution in [3.8, 4) is 0 Å². The van der Waals surface area contributed by atoms with E-state index in [0.717, 1.165) is 11.1 Å². The van der Waals surface area contributed by atoms with Gasteiger partial charge >= 0.3 is 7.67 Å². The van der Waals surface area contributed by atoms with E-state index in [1.807, 2.05) is 60.7 Å². The highest BCUT2D eigenvalue weighted by Gasteiger charge is 2.51. The SMILES string of the molecule is CN1[C@H](c2ccccc2)[C@@H](c2ccccc2)N(C)P1(=O)O. The summed E-state index contributed by atoms with van der Waals surface area (Å²) in [6.07, 6.45) is 0. The molecule has 5 heteroatoms. The molecule has 1 aliphatic rings. The third kappa shape index (κ3) is 2.34. The molecule has 0 bridgehead atoms. The molecule has 2 aromatic rings. The summed E-state index contributed by atoms with van der Waals surface area (Å²) in [6.45, 7) is 0. The fourth-order valence-corrected chi connectivity index (χ4v) is 4.66. The summed E-state index contributed by atoms with van der Waals surface area (Å²) >= 11 is 0. The maximum absolute atomic E-state index is 12.7. The Labute approximate surface area is 125 Å². The lowest BCUT2D eigenvalue weighted by atomic mass is 9.93. The topological polar surface area (TPSA) is 43.8 Å². The zero-order chi connectivity index (χ0) is 15.0. The van der Waals surface area contributed by atoms with Crippen molar-refractivity contribution in [3.05, 3.63) is 71.8 Å². The summed E-state index contributed by atoms with van der Waals surface area (Å²) in [4.78, 5) is 10.4. The van der Waals surface area contributed by atoms with Crippen LogP contribution in [-0.2, 0) is 4.57 Å². The summed E-state index contributed by atoms with van der Waals surface area (Å²) in [7, 11) is -0.0616. The van der Waals surface area contributed by atoms with Gasteiger partial charge in [-0.2, -0.15) is 0 Å². The van der Waals surface area contributed by atoms with E-state index in [0.29, 0.717) is 0 Å². The van der Waals surface area contributed by atoms with Gasteiger partial charge in [0.25, 0.3) is 0 Å². The molecule has 1 aliphatic heterocycles. The first-order valence-electron chi connectivity index (χ1n) is 6.93. The summed E-state index contributed by atoms with van der Waals surface area (Å²) in [5, 5.41) is 0. The lowest BCUT2D eigenvalue weighted by Gasteiger charge is -2.25. The molecule has 110 valence electrons. The van der Waals surface area contributed by atoms with Gasteiger partial charge in [0, 0.05) is 0 Å². The Morgan fingerprint density at radius 1 is 0.810 bits per heavy atom. The van der Waals surface area contributed by atoms with E-state index in [4.69, 9.17) is 0 Å². The number of hydrogen-bond donors (Lipinski definition) is 1. The Hall–Kier alpha value is -1.45. The van der Waals surface area contributed by atoms with Gasteiger partial charge < -0.3 is 4.89 Å². The molecule has 1 fully saturated rings. The molecule has 0 saturated carbocycles. The van der Waals surface area contributed by atoms with Crippen molar-refractivity contribution >= 4 is 7.67 Å². The first-order valence-corrected chi connectivity index (χ1v) is 8.49. The molecule has 1 heterocycles. The van der Waals surface area contributed by atoms with Crippen LogP contribution < -0.4 is 0 Å². The summed E-state index contributed by atoms with van der Waals surface area (Å²) in [6, 6.07) is 19.5. The molecule has 1 N–H and O–H groups in total. The van der Waals surface area contributed by atoms with Crippen LogP contribution in [0.5, 0.6) is 0 Å². The first kappa shape index (κ1) is 14.5. The van der Waals surface area contributed by atoms with Gasteiger partial charge in [-0.05, 0) is 25.2 Å². The quantitative estimate of drug-likeness (QED) is 0.863. The largest absolute Gasteiger partial charge is 0.344 e. The second-order valence-corrected chi connectivity index (χ2v) is 7.66. The Morgan fingerprint density at radius 3 is 1.48 bits per heavy atom. The lowest BCUT2D eigenvalue weighted by molar-refractivity contribution is 0.316. The number of hydrogen-bond acceptors (Lipinski definition) is 1. The van der Waals surface area contributed by atoms with Gasteiger partial charge in [0.1, 0.15) is 0 Å². The van der Waals surface area contributed by atoms with Crippen LogP contribution in [0.15, 0.2) is 60.7 Å². The molecule has 0 spiro atoms. The monoisotopic (exact) mass is 302 g/mol. The van der Waals surface area contributed by atoms with Crippen molar-refractivity contribution in [2.24, 2.45) is 0 Å². The van der Waals surface area contributed by atoms with Crippen molar-refractivity contribution < 1.29 is 9.46 Å². The predicted molar refractivity (Wildman–Crippen MR) is 83.7 cm³/mol. The van der Waals surface area contributed by atoms with E-state index >= 15 is 0 Å². The molecule has 21 heavy (non-hydrogen) atoms. The molecule has 3 rings (SSSR count). The smallest absolute Gasteiger partial charge is 0.322 e. The molecule has 0 unspecified atom stereocenters. The van der Waals surface area contributed by atoms with E-state index in [-0.39, 0.29) is 12.1 Å². The van der Waals surface area contributed by atoms with Crippen LogP contribution in [0.4, 0.5) is 0 Å². The number of likely N-dealkylation sites (N-methyl/N-ethyl adjacent to an activating group) is 2. The van der Waals surface area contributed by atoms with Gasteiger partial charge in [-0.1, -0.05) is 60.7 Å². The molecule has 2 aromatic carbocycles. The normalized spacial score (nSPS) is 26.0. The highest BCUT2D eigenvalue weighted by Crippen LogP contribution is 2.65. The van der Waals surface area contributed by atoms with Gasteiger partial charge in [-0.25, -0.2) is 9.34 Å². The zero-order valence-corrected chi connectivity index (χ0v) is 13.0. The first-order chi connectivity index (χ1) is 10.0. The molecule has 0 aromatic heterocycles. The molecule has 1 saturated heterocycles. The molecule has 0 radical (unpaired) electrons. The maximum atomic E-state index is 12.7. The third-order valence-corrected chi connectivity index (χ3v) is 6.35. The van der Waals surface area contributed by atoms with Crippen LogP contribution >= 0.6 is 7.67 Å². The Bertz CT molecular complexity index is 607. The fourth-order valence-electron chi connectivity index (χ4n) is 3.05. The van der Waals surface area contributed by atoms with Crippen LogP contribution in [0.3, 0.4) is 0 Å². The van der Waals surface area contributed by atoms with Crippen LogP contribution in [0, 0.1) is 0 Å². The van der Waals surface area contributed by atoms with Gasteiger partial charge in [-0.15, -0.1) is 0 Å². The third-order valence-electron chi connectivity index (χ3n) is 4.21. The minimum atomic E-state index is -3.50. The van der Waals surface area contributed by atoms with Crippen molar-refractivity contribution in [1.82, 2.24) is 9.34 Å². The minimum Gasteiger partial charge on any atom is -0.322 e. The maximum Gasteiger partial charge on any atom is 0.344 e. The van der Waals surface area contributed by atoms with Gasteiger partial charge in [0.2, 0.25) is 0 Å². The summed E-state index contributed by atoms with van der Waals surface area (Å²) < 4.78 is 15.8. The Kier molecular flexibility index (Phi) is 3.72. The summed E-state index contributed by atoms with van der Waals surface area (Å²) in [5.74, 6) is 0. The van der Waals surface area contributed by atoms with Crippen molar-refractivity contribution in [2.45, 2.75) is 12.1 Å². The molecule has 4 nitrogen and oxygen atoms in total. The lowest BCUT2D eigenvalue weighted by Crippen LogP contribution is -2.20. The number of benzene rings is 2. The number of nitrogens with zero attached hydrogens (tertiary/aromatic N) is 2. The van der Waals surface area contributed by atoms with Crippen LogP contribution in [0.25, 0.3) is 0 Å². The van der Waals surface area contributed by atoms with Crippen molar-refractivity contribution in [1.29, 1.82) is 0 Å². The fraction of sp³-hybridized carbons (Fsp3) is 0.250. The average molecular weight is 302 g/mol. The molecule has 0 amide bonds. The van der Waals surface area contributed by atoms with Gasteiger partial charge in [0.05, 0.1) is 12.1 Å². The van der Waals surface area contributed by atoms with Gasteiger partial charge in [0.15, 0.2) is 0 Å². The van der Waals surface area contributed by atoms with E-state index in [9.17, 15) is 9.46 Å². The molecule has 0 aliphatic carbocycles. The standard InChI is InChI=1S/C16H19N2O2P/c1-17-15(13-9-5-3-6-10-13)16(18(2)21(17,19)20)14-11-7-4-8-12-14/h3-12,15-16H,1-2H3,(H,19,20)/t15-,16-/m1/s1. The number of rotatable bonds is 2. The van der Waals surface area contributed by atoms with Crippen LogP contribution in [-0.4, -0.2) is 28.3 Å². The predicted octanol–water partition coefficient (Wildman–Crippen LogP) is 3.45. The van der Waals surface area contributed by atoms with Crippen LogP contribution in [0.2, 0.25) is 0 Å². The molecule has 2 atom stereocenters. The van der Waals surface area contributed by atoms with E-state index in [1.54, 1.807) is 23.4 Å². The second-order valence-electron chi connectivity index (χ2n) is 5.37. The van der Waals surface area contributed by atoms with E-state index in [1.165, 1.54) is 0 Å². The van der Waals surface area contributed by atoms with Crippen molar-refractivity contribution in [2.75, 3.05) is 14.1 Å². The average Bonchev–Trinajstić information content (AvgIpc) is 2.69. The summed E-state index contributed by atoms with van der Waals surface area (Å²) in [5.41, 5.74) is 2.10. The molecular weight excluding hydrogens is 283 g/mol. The Morgan fingerprint density at radius 2 is 1.14 bits per heavy atom. The minimum absolute atomic E-state index is 0.144. The molecular formula is C16H19N2O2P. The van der Waals surface area contributed by atoms with Crippen molar-refractivity contribution in [3.63, 3.8) is 0 Å². The second kappa shape index (κ2) is 5.39. The highest BCUT2D eigenvalue weighted by molar-refractivity contribution is 7.53. The zero-order valence-electron chi connectivity index (χ0n) is 12.1. The van der Waals surface area contributed by atoms with Gasteiger partial charge in [-0.3, -0.25) is 4.57 Å². The van der Waals surface area contributed by atoms with Crippen LogP contribution in [0.1, 0.15) is 23.2 Å². The van der Waals surface area contributed by atoms with E-state index in [2.05, 4.69) is 0 Å². The Balaban J connectivity index is 2.12.